The number of aromatic nitrogens is 1. The number of pyridine rings is 1. The van der Waals surface area contributed by atoms with Crippen molar-refractivity contribution in [1.82, 2.24) is 15.6 Å². The van der Waals surface area contributed by atoms with Crippen molar-refractivity contribution in [3.63, 3.8) is 0 Å². The molecular weight excluding hydrogens is 560 g/mol. The average Bonchev–Trinajstić information content (AvgIpc) is 2.89. The SMILES string of the molecule is COc1ccc(C2=C(CNC(=O)OC(C)C)C(=O)N[C@@](c3ccc(OCCCC(F)(F)F)cc3)(C(F)(F)F)C2)nc1. The smallest absolute Gasteiger partial charge is 0.416 e. The maximum Gasteiger partial charge on any atom is 0.416 e. The molecule has 2 heterocycles. The van der Waals surface area contributed by atoms with Gasteiger partial charge < -0.3 is 24.8 Å². The van der Waals surface area contributed by atoms with E-state index in [1.807, 2.05) is 0 Å². The topological polar surface area (TPSA) is 98.8 Å². The van der Waals surface area contributed by atoms with Crippen LogP contribution in [0.5, 0.6) is 11.5 Å². The molecule has 1 atom stereocenters. The molecule has 1 aliphatic heterocycles. The van der Waals surface area contributed by atoms with Crippen molar-refractivity contribution in [1.29, 1.82) is 0 Å². The number of ether oxygens (including phenoxy) is 3. The van der Waals surface area contributed by atoms with Crippen molar-refractivity contribution in [3.8, 4) is 11.5 Å². The van der Waals surface area contributed by atoms with Crippen LogP contribution in [0.4, 0.5) is 31.1 Å². The van der Waals surface area contributed by atoms with Crippen molar-refractivity contribution in [2.75, 3.05) is 20.3 Å². The molecule has 0 aliphatic carbocycles. The van der Waals surface area contributed by atoms with Gasteiger partial charge in [0.2, 0.25) is 5.91 Å². The highest BCUT2D eigenvalue weighted by atomic mass is 19.4. The summed E-state index contributed by atoms with van der Waals surface area (Å²) in [6, 6.07) is 7.44. The van der Waals surface area contributed by atoms with Crippen LogP contribution >= 0.6 is 0 Å². The van der Waals surface area contributed by atoms with Gasteiger partial charge in [-0.15, -0.1) is 0 Å². The van der Waals surface area contributed by atoms with Gasteiger partial charge in [0, 0.05) is 18.4 Å². The van der Waals surface area contributed by atoms with E-state index in [1.54, 1.807) is 13.8 Å². The summed E-state index contributed by atoms with van der Waals surface area (Å²) in [6.45, 7) is 2.50. The number of rotatable bonds is 10. The minimum atomic E-state index is -5.00. The Morgan fingerprint density at radius 2 is 1.73 bits per heavy atom. The van der Waals surface area contributed by atoms with E-state index in [1.165, 1.54) is 37.6 Å². The molecule has 0 bridgehead atoms. The zero-order chi connectivity index (χ0) is 30.4. The Morgan fingerprint density at radius 3 is 2.27 bits per heavy atom. The second-order valence-corrected chi connectivity index (χ2v) is 9.47. The lowest BCUT2D eigenvalue weighted by atomic mass is 9.77. The second-order valence-electron chi connectivity index (χ2n) is 9.47. The van der Waals surface area contributed by atoms with Gasteiger partial charge in [0.1, 0.15) is 11.5 Å². The standard InChI is InChI=1S/C27H29F6N3O5/c1-16(2)41-24(38)35-15-21-20(22-10-9-19(39-3)14-34-22)13-25(27(31,32)33,36-23(21)37)17-5-7-18(8-6-17)40-12-4-11-26(28,29)30/h5-10,14,16H,4,11-13,15H2,1-3H3,(H,35,38)(H,36,37)/t25-/m0/s1. The number of alkyl halides is 6. The Labute approximate surface area is 232 Å². The lowest BCUT2D eigenvalue weighted by Gasteiger charge is -2.41. The predicted molar refractivity (Wildman–Crippen MR) is 135 cm³/mol. The number of carbonyl (C=O) groups is 2. The first kappa shape index (κ1) is 31.6. The van der Waals surface area contributed by atoms with E-state index in [0.717, 1.165) is 12.1 Å². The van der Waals surface area contributed by atoms with Gasteiger partial charge in [0.05, 0.1) is 38.3 Å². The molecule has 2 aromatic rings. The molecule has 3 rings (SSSR count). The molecule has 2 amide bonds. The fourth-order valence-corrected chi connectivity index (χ4v) is 4.16. The Balaban J connectivity index is 1.97. The third-order valence-electron chi connectivity index (χ3n) is 6.15. The molecule has 1 aliphatic rings. The van der Waals surface area contributed by atoms with Gasteiger partial charge in [-0.25, -0.2) is 4.79 Å². The number of hydrogen-bond acceptors (Lipinski definition) is 6. The summed E-state index contributed by atoms with van der Waals surface area (Å²) in [6.07, 6.45) is -11.5. The lowest BCUT2D eigenvalue weighted by molar-refractivity contribution is -0.201. The largest absolute Gasteiger partial charge is 0.495 e. The first-order valence-corrected chi connectivity index (χ1v) is 12.5. The zero-order valence-electron chi connectivity index (χ0n) is 22.4. The van der Waals surface area contributed by atoms with Crippen molar-refractivity contribution >= 4 is 17.6 Å². The molecule has 2 N–H and O–H groups in total. The van der Waals surface area contributed by atoms with E-state index in [4.69, 9.17) is 14.2 Å². The number of hydrogen-bond donors (Lipinski definition) is 2. The van der Waals surface area contributed by atoms with Crippen LogP contribution in [0.25, 0.3) is 5.57 Å². The van der Waals surface area contributed by atoms with E-state index >= 15 is 0 Å². The molecule has 0 fully saturated rings. The normalized spacial score (nSPS) is 17.8. The summed E-state index contributed by atoms with van der Waals surface area (Å²) in [7, 11) is 1.39. The summed E-state index contributed by atoms with van der Waals surface area (Å²) in [4.78, 5) is 29.5. The van der Waals surface area contributed by atoms with E-state index < -0.39 is 55.4 Å². The highest BCUT2D eigenvalue weighted by Gasteiger charge is 2.59. The van der Waals surface area contributed by atoms with Crippen LogP contribution in [-0.4, -0.2) is 55.7 Å². The van der Waals surface area contributed by atoms with Crippen molar-refractivity contribution in [3.05, 3.63) is 59.4 Å². The summed E-state index contributed by atoms with van der Waals surface area (Å²) >= 11 is 0. The van der Waals surface area contributed by atoms with Crippen LogP contribution in [0.15, 0.2) is 48.2 Å². The number of amides is 2. The Bertz CT molecular complexity index is 1240. The molecular formula is C27H29F6N3O5. The monoisotopic (exact) mass is 589 g/mol. The van der Waals surface area contributed by atoms with Crippen LogP contribution in [0, 0.1) is 0 Å². The van der Waals surface area contributed by atoms with Crippen LogP contribution in [-0.2, 0) is 15.1 Å². The molecule has 1 aromatic heterocycles. The second kappa shape index (κ2) is 12.7. The molecule has 0 saturated heterocycles. The number of alkyl carbamates (subject to hydrolysis) is 1. The Kier molecular flexibility index (Phi) is 9.77. The van der Waals surface area contributed by atoms with Gasteiger partial charge in [0.25, 0.3) is 0 Å². The van der Waals surface area contributed by atoms with Gasteiger partial charge in [0.15, 0.2) is 5.54 Å². The number of halogens is 6. The molecule has 0 unspecified atom stereocenters. The summed E-state index contributed by atoms with van der Waals surface area (Å²) in [5.74, 6) is -0.683. The van der Waals surface area contributed by atoms with Gasteiger partial charge >= 0.3 is 18.4 Å². The van der Waals surface area contributed by atoms with Crippen LogP contribution in [0.1, 0.15) is 44.4 Å². The minimum absolute atomic E-state index is 0.0629. The van der Waals surface area contributed by atoms with E-state index in [2.05, 4.69) is 15.6 Å². The quantitative estimate of drug-likeness (QED) is 0.274. The van der Waals surface area contributed by atoms with Gasteiger partial charge in [-0.2, -0.15) is 26.3 Å². The molecule has 8 nitrogen and oxygen atoms in total. The summed E-state index contributed by atoms with van der Waals surface area (Å²) in [5.41, 5.74) is -3.37. The number of carbonyl (C=O) groups excluding carboxylic acids is 2. The molecule has 0 saturated carbocycles. The first-order chi connectivity index (χ1) is 19.1. The third-order valence-corrected chi connectivity index (χ3v) is 6.15. The number of methoxy groups -OCH3 is 1. The van der Waals surface area contributed by atoms with Crippen LogP contribution < -0.4 is 20.1 Å². The van der Waals surface area contributed by atoms with Crippen LogP contribution in [0.3, 0.4) is 0 Å². The molecule has 224 valence electrons. The van der Waals surface area contributed by atoms with Gasteiger partial charge in [-0.05, 0) is 55.7 Å². The number of nitrogens with zero attached hydrogens (tertiary/aromatic N) is 1. The number of benzene rings is 1. The molecule has 0 radical (unpaired) electrons. The minimum Gasteiger partial charge on any atom is -0.495 e. The molecule has 14 heteroatoms. The third kappa shape index (κ3) is 8.04. The average molecular weight is 590 g/mol. The Hall–Kier alpha value is -3.97. The fourth-order valence-electron chi connectivity index (χ4n) is 4.16. The summed E-state index contributed by atoms with van der Waals surface area (Å²) in [5, 5.41) is 4.46. The van der Waals surface area contributed by atoms with Gasteiger partial charge in [-0.3, -0.25) is 9.78 Å². The van der Waals surface area contributed by atoms with Crippen molar-refractivity contribution in [2.45, 2.75) is 57.1 Å². The van der Waals surface area contributed by atoms with Crippen molar-refractivity contribution in [2.24, 2.45) is 0 Å². The van der Waals surface area contributed by atoms with Gasteiger partial charge in [-0.1, -0.05) is 12.1 Å². The number of nitrogens with one attached hydrogen (secondary N) is 2. The highest BCUT2D eigenvalue weighted by molar-refractivity contribution is 6.04. The maximum absolute atomic E-state index is 14.8. The zero-order valence-corrected chi connectivity index (χ0v) is 22.4. The fraction of sp³-hybridized carbons (Fsp3) is 0.444. The molecule has 0 spiro atoms. The summed E-state index contributed by atoms with van der Waals surface area (Å²) < 4.78 is 96.8. The molecule has 1 aromatic carbocycles. The van der Waals surface area contributed by atoms with E-state index in [-0.39, 0.29) is 41.2 Å². The predicted octanol–water partition coefficient (Wildman–Crippen LogP) is 5.68. The first-order valence-electron chi connectivity index (χ1n) is 12.5. The Morgan fingerprint density at radius 1 is 1.07 bits per heavy atom. The van der Waals surface area contributed by atoms with E-state index in [0.29, 0.717) is 5.75 Å². The molecule has 41 heavy (non-hydrogen) atoms. The maximum atomic E-state index is 14.8. The van der Waals surface area contributed by atoms with E-state index in [9.17, 15) is 35.9 Å². The van der Waals surface area contributed by atoms with Crippen LogP contribution in [0.2, 0.25) is 0 Å². The highest BCUT2D eigenvalue weighted by Crippen LogP contribution is 2.48. The van der Waals surface area contributed by atoms with Crippen molar-refractivity contribution < 1.29 is 50.1 Å². The lowest BCUT2D eigenvalue weighted by Crippen LogP contribution is -2.59.